The van der Waals surface area contributed by atoms with E-state index in [0.717, 1.165) is 35.5 Å². The van der Waals surface area contributed by atoms with Gasteiger partial charge in [-0.1, -0.05) is 54.0 Å². The zero-order valence-corrected chi connectivity index (χ0v) is 14.1. The fraction of sp³-hybridized carbons (Fsp3) is 0.684. The molecule has 3 fully saturated rings. The molecule has 5 atom stereocenters. The van der Waals surface area contributed by atoms with Crippen LogP contribution in [0, 0.1) is 35.5 Å². The minimum absolute atomic E-state index is 0.606. The molecule has 1 heteroatoms. The molecule has 4 rings (SSSR count). The molecule has 0 aromatic heterocycles. The molecule has 0 heterocycles. The summed E-state index contributed by atoms with van der Waals surface area (Å²) in [6.07, 6.45) is 5.80. The molecule has 0 amide bonds. The number of alkyl halides is 1. The summed E-state index contributed by atoms with van der Waals surface area (Å²) in [7, 11) is 0. The second kappa shape index (κ2) is 4.87. The van der Waals surface area contributed by atoms with Crippen LogP contribution in [-0.2, 0) is 6.42 Å². The molecule has 108 valence electrons. The number of benzene rings is 1. The quantitative estimate of drug-likeness (QED) is 0.628. The molecule has 1 aromatic carbocycles. The first kappa shape index (κ1) is 13.4. The predicted molar refractivity (Wildman–Crippen MR) is 88.0 cm³/mol. The van der Waals surface area contributed by atoms with Crippen LogP contribution in [0.1, 0.15) is 49.1 Å². The SMILES string of the molecule is CC(C)Cc1ccc(C(Br)C2C3C4CCC(C4)C32)cc1. The van der Waals surface area contributed by atoms with Crippen molar-refractivity contribution in [2.24, 2.45) is 35.5 Å². The molecule has 2 bridgehead atoms. The van der Waals surface area contributed by atoms with E-state index in [4.69, 9.17) is 0 Å². The molecule has 3 saturated carbocycles. The fourth-order valence-electron chi connectivity index (χ4n) is 5.32. The summed E-state index contributed by atoms with van der Waals surface area (Å²) in [5.74, 6) is 5.98. The molecule has 20 heavy (non-hydrogen) atoms. The van der Waals surface area contributed by atoms with E-state index in [0.29, 0.717) is 4.83 Å². The number of rotatable bonds is 4. The van der Waals surface area contributed by atoms with Crippen molar-refractivity contribution in [1.82, 2.24) is 0 Å². The number of hydrogen-bond donors (Lipinski definition) is 0. The third-order valence-corrected chi connectivity index (χ3v) is 7.21. The van der Waals surface area contributed by atoms with Gasteiger partial charge < -0.3 is 0 Å². The lowest BCUT2D eigenvalue weighted by atomic mass is 9.95. The maximum absolute atomic E-state index is 4.03. The van der Waals surface area contributed by atoms with Crippen LogP contribution in [0.3, 0.4) is 0 Å². The molecule has 0 nitrogen and oxygen atoms in total. The normalized spacial score (nSPS) is 39.1. The molecule has 0 aliphatic heterocycles. The minimum Gasteiger partial charge on any atom is -0.0836 e. The topological polar surface area (TPSA) is 0 Å². The zero-order valence-electron chi connectivity index (χ0n) is 12.6. The maximum atomic E-state index is 4.03. The Balaban J connectivity index is 1.46. The Morgan fingerprint density at radius 3 is 2.20 bits per heavy atom. The average Bonchev–Trinajstić information content (AvgIpc) is 2.86. The van der Waals surface area contributed by atoms with Crippen LogP contribution < -0.4 is 0 Å². The first-order chi connectivity index (χ1) is 9.65. The van der Waals surface area contributed by atoms with E-state index in [2.05, 4.69) is 54.0 Å². The van der Waals surface area contributed by atoms with Crippen LogP contribution in [0.2, 0.25) is 0 Å². The van der Waals surface area contributed by atoms with Gasteiger partial charge in [-0.15, -0.1) is 0 Å². The molecule has 3 aliphatic carbocycles. The van der Waals surface area contributed by atoms with Crippen molar-refractivity contribution in [3.8, 4) is 0 Å². The Labute approximate surface area is 131 Å². The largest absolute Gasteiger partial charge is 0.0836 e. The standard InChI is InChI=1S/C19H25Br/c1-11(2)9-12-3-5-13(6-4-12)19(20)18-16-14-7-8-15(10-14)17(16)18/h3-6,11,14-19H,7-10H2,1-2H3. The summed E-state index contributed by atoms with van der Waals surface area (Å²) in [5, 5.41) is 0. The van der Waals surface area contributed by atoms with Gasteiger partial charge in [-0.2, -0.15) is 0 Å². The summed E-state index contributed by atoms with van der Waals surface area (Å²) in [4.78, 5) is 0.606. The minimum atomic E-state index is 0.606. The fourth-order valence-corrected chi connectivity index (χ4v) is 6.33. The van der Waals surface area contributed by atoms with Gasteiger partial charge in [0.2, 0.25) is 0 Å². The van der Waals surface area contributed by atoms with E-state index >= 15 is 0 Å². The third-order valence-electron chi connectivity index (χ3n) is 6.07. The average molecular weight is 333 g/mol. The Bertz CT molecular complexity index is 473. The highest BCUT2D eigenvalue weighted by Gasteiger charge is 2.66. The predicted octanol–water partition coefficient (Wildman–Crippen LogP) is 5.61. The lowest BCUT2D eigenvalue weighted by Gasteiger charge is -2.16. The lowest BCUT2D eigenvalue weighted by molar-refractivity contribution is 0.456. The van der Waals surface area contributed by atoms with Crippen LogP contribution in [-0.4, -0.2) is 0 Å². The van der Waals surface area contributed by atoms with Crippen LogP contribution in [0.25, 0.3) is 0 Å². The van der Waals surface area contributed by atoms with Gasteiger partial charge in [0.05, 0.1) is 0 Å². The molecular formula is C19H25Br. The van der Waals surface area contributed by atoms with Gasteiger partial charge >= 0.3 is 0 Å². The van der Waals surface area contributed by atoms with Gasteiger partial charge in [-0.3, -0.25) is 0 Å². The van der Waals surface area contributed by atoms with E-state index in [1.165, 1.54) is 30.4 Å². The van der Waals surface area contributed by atoms with E-state index in [1.807, 2.05) is 0 Å². The highest BCUT2D eigenvalue weighted by atomic mass is 79.9. The van der Waals surface area contributed by atoms with E-state index in [1.54, 1.807) is 6.42 Å². The molecule has 1 aromatic rings. The summed E-state index contributed by atoms with van der Waals surface area (Å²) in [6, 6.07) is 9.42. The van der Waals surface area contributed by atoms with Crippen molar-refractivity contribution < 1.29 is 0 Å². The maximum Gasteiger partial charge on any atom is 0.0429 e. The molecule has 0 radical (unpaired) electrons. The lowest BCUT2D eigenvalue weighted by Crippen LogP contribution is -2.04. The Morgan fingerprint density at radius 2 is 1.65 bits per heavy atom. The van der Waals surface area contributed by atoms with Gasteiger partial charge in [-0.25, -0.2) is 0 Å². The molecular weight excluding hydrogens is 308 g/mol. The van der Waals surface area contributed by atoms with Gasteiger partial charge in [0, 0.05) is 4.83 Å². The smallest absolute Gasteiger partial charge is 0.0429 e. The van der Waals surface area contributed by atoms with Crippen molar-refractivity contribution in [1.29, 1.82) is 0 Å². The van der Waals surface area contributed by atoms with Crippen molar-refractivity contribution in [3.63, 3.8) is 0 Å². The van der Waals surface area contributed by atoms with Gasteiger partial charge in [0.25, 0.3) is 0 Å². The third kappa shape index (κ3) is 2.08. The monoisotopic (exact) mass is 332 g/mol. The second-order valence-corrected chi connectivity index (χ2v) is 8.79. The van der Waals surface area contributed by atoms with E-state index in [9.17, 15) is 0 Å². The van der Waals surface area contributed by atoms with Crippen LogP contribution >= 0.6 is 15.9 Å². The molecule has 3 aliphatic rings. The van der Waals surface area contributed by atoms with Crippen LogP contribution in [0.4, 0.5) is 0 Å². The number of hydrogen-bond acceptors (Lipinski definition) is 0. The number of halogens is 1. The molecule has 0 saturated heterocycles. The Kier molecular flexibility index (Phi) is 3.25. The van der Waals surface area contributed by atoms with E-state index < -0.39 is 0 Å². The Hall–Kier alpha value is -0.300. The van der Waals surface area contributed by atoms with Crippen molar-refractivity contribution in [3.05, 3.63) is 35.4 Å². The van der Waals surface area contributed by atoms with Crippen molar-refractivity contribution >= 4 is 15.9 Å². The van der Waals surface area contributed by atoms with Gasteiger partial charge in [0.1, 0.15) is 0 Å². The molecule has 0 N–H and O–H groups in total. The summed E-state index contributed by atoms with van der Waals surface area (Å²) in [5.41, 5.74) is 3.00. The van der Waals surface area contributed by atoms with E-state index in [-0.39, 0.29) is 0 Å². The number of fused-ring (bicyclic) bond motifs is 5. The molecule has 0 spiro atoms. The molecule has 5 unspecified atom stereocenters. The van der Waals surface area contributed by atoms with Gasteiger partial charge in [0.15, 0.2) is 0 Å². The second-order valence-electron chi connectivity index (χ2n) is 7.81. The van der Waals surface area contributed by atoms with Crippen molar-refractivity contribution in [2.45, 2.75) is 44.4 Å². The first-order valence-electron chi connectivity index (χ1n) is 8.38. The summed E-state index contributed by atoms with van der Waals surface area (Å²) < 4.78 is 0. The highest BCUT2D eigenvalue weighted by Crippen LogP contribution is 2.73. The Morgan fingerprint density at radius 1 is 1.05 bits per heavy atom. The summed E-state index contributed by atoms with van der Waals surface area (Å²) >= 11 is 4.03. The summed E-state index contributed by atoms with van der Waals surface area (Å²) in [6.45, 7) is 4.59. The zero-order chi connectivity index (χ0) is 13.9. The first-order valence-corrected chi connectivity index (χ1v) is 9.29. The van der Waals surface area contributed by atoms with Crippen LogP contribution in [0.15, 0.2) is 24.3 Å². The van der Waals surface area contributed by atoms with Crippen molar-refractivity contribution in [2.75, 3.05) is 0 Å². The highest BCUT2D eigenvalue weighted by molar-refractivity contribution is 9.09. The van der Waals surface area contributed by atoms with Gasteiger partial charge in [-0.05, 0) is 72.3 Å². The van der Waals surface area contributed by atoms with Crippen LogP contribution in [0.5, 0.6) is 0 Å².